The van der Waals surface area contributed by atoms with Gasteiger partial charge < -0.3 is 20.3 Å². The molecule has 0 unspecified atom stereocenters. The quantitative estimate of drug-likeness (QED) is 0.594. The van der Waals surface area contributed by atoms with E-state index in [-0.39, 0.29) is 22.6 Å². The number of sulfone groups is 1. The van der Waals surface area contributed by atoms with E-state index in [4.69, 9.17) is 15.1 Å². The normalized spacial score (nSPS) is 18.2. The Hall–Kier alpha value is -3.37. The first-order chi connectivity index (χ1) is 14.3. The summed E-state index contributed by atoms with van der Waals surface area (Å²) < 4.78 is 82.5. The molecule has 2 atom stereocenters. The van der Waals surface area contributed by atoms with Crippen LogP contribution in [0.4, 0.5) is 22.4 Å². The monoisotopic (exact) mass is 460 g/mol. The van der Waals surface area contributed by atoms with Gasteiger partial charge in [0.05, 0.1) is 28.7 Å². The molecule has 0 radical (unpaired) electrons. The van der Waals surface area contributed by atoms with Crippen LogP contribution >= 0.6 is 0 Å². The van der Waals surface area contributed by atoms with Crippen molar-refractivity contribution in [3.05, 3.63) is 52.8 Å². The number of benzene rings is 2. The summed E-state index contributed by atoms with van der Waals surface area (Å²) >= 11 is 0. The third kappa shape index (κ3) is 4.12. The topological polar surface area (TPSA) is 137 Å². The molecular weight excluding hydrogens is 448 g/mol. The Bertz CT molecular complexity index is 1210. The Balaban J connectivity index is 2.22. The highest BCUT2D eigenvalue weighted by molar-refractivity contribution is 7.92. The van der Waals surface area contributed by atoms with E-state index in [1.165, 1.54) is 0 Å². The van der Waals surface area contributed by atoms with Crippen molar-refractivity contribution in [2.45, 2.75) is 29.0 Å². The summed E-state index contributed by atoms with van der Waals surface area (Å²) in [6.07, 6.45) is -3.81. The van der Waals surface area contributed by atoms with Gasteiger partial charge in [-0.15, -0.1) is 0 Å². The predicted octanol–water partition coefficient (Wildman–Crippen LogP) is 3.53. The Kier molecular flexibility index (Phi) is 5.55. The molecule has 3 N–H and O–H groups in total. The number of fused-ring (bicyclic) bond motifs is 1. The highest BCUT2D eigenvalue weighted by atomic mass is 32.2. The number of amides is 1. The largest absolute Gasteiger partial charge is 0.501 e. The van der Waals surface area contributed by atoms with Crippen LogP contribution < -0.4 is 10.1 Å². The number of carboxylic acid groups (broad SMARTS) is 1. The van der Waals surface area contributed by atoms with Crippen LogP contribution in [0.15, 0.2) is 35.2 Å². The zero-order valence-electron chi connectivity index (χ0n) is 15.1. The van der Waals surface area contributed by atoms with E-state index in [2.05, 4.69) is 0 Å². The summed E-state index contributed by atoms with van der Waals surface area (Å²) in [6.45, 7) is 0. The molecule has 0 aromatic heterocycles. The molecule has 1 amide bonds. The molecule has 0 aliphatic heterocycles. The van der Waals surface area contributed by atoms with Crippen molar-refractivity contribution in [3.63, 3.8) is 0 Å². The molecule has 1 aliphatic carbocycles. The van der Waals surface area contributed by atoms with Crippen molar-refractivity contribution in [1.82, 2.24) is 5.32 Å². The van der Waals surface area contributed by atoms with Gasteiger partial charge in [-0.1, -0.05) is 0 Å². The van der Waals surface area contributed by atoms with Crippen LogP contribution in [-0.4, -0.2) is 30.2 Å². The van der Waals surface area contributed by atoms with Gasteiger partial charge >= 0.3 is 11.6 Å². The summed E-state index contributed by atoms with van der Waals surface area (Å²) in [5, 5.41) is 30.2. The van der Waals surface area contributed by atoms with E-state index in [9.17, 15) is 35.9 Å². The second-order valence-corrected chi connectivity index (χ2v) is 8.39. The number of alkyl halides is 3. The van der Waals surface area contributed by atoms with E-state index < -0.39 is 56.3 Å². The summed E-state index contributed by atoms with van der Waals surface area (Å²) in [5.74, 6) is -1.43. The second-order valence-electron chi connectivity index (χ2n) is 6.48. The maximum atomic E-state index is 13.7. The lowest BCUT2D eigenvalue weighted by molar-refractivity contribution is -0.0437. The summed E-state index contributed by atoms with van der Waals surface area (Å²) in [6, 6.07) is 4.63. The van der Waals surface area contributed by atoms with Gasteiger partial charge in [0.2, 0.25) is 0 Å². The van der Waals surface area contributed by atoms with Crippen molar-refractivity contribution in [2.75, 3.05) is 0 Å². The predicted molar refractivity (Wildman–Crippen MR) is 94.4 cm³/mol. The van der Waals surface area contributed by atoms with Gasteiger partial charge in [0.15, 0.2) is 0 Å². The van der Waals surface area contributed by atoms with Crippen LogP contribution in [0.3, 0.4) is 0 Å². The van der Waals surface area contributed by atoms with Crippen molar-refractivity contribution >= 4 is 15.9 Å². The van der Waals surface area contributed by atoms with E-state index in [0.717, 1.165) is 24.3 Å². The number of nitriles is 1. The Morgan fingerprint density at radius 3 is 2.48 bits per heavy atom. The summed E-state index contributed by atoms with van der Waals surface area (Å²) in [7, 11) is -5.89. The lowest BCUT2D eigenvalue weighted by atomic mass is 10.1. The number of carbonyl (C=O) groups is 1. The maximum absolute atomic E-state index is 13.7. The van der Waals surface area contributed by atoms with Crippen LogP contribution in [0, 0.1) is 17.1 Å². The molecular formula is C18H12F4N2O6S. The average molecular weight is 460 g/mol. The van der Waals surface area contributed by atoms with Crippen LogP contribution in [0.25, 0.3) is 0 Å². The zero-order valence-corrected chi connectivity index (χ0v) is 16.0. The van der Waals surface area contributed by atoms with Gasteiger partial charge in [-0.3, -0.25) is 0 Å². The lowest BCUT2D eigenvalue weighted by Gasteiger charge is -2.19. The molecule has 0 saturated heterocycles. The van der Waals surface area contributed by atoms with Gasteiger partial charge in [-0.2, -0.15) is 18.4 Å². The number of ether oxygens (including phenoxy) is 1. The Labute approximate surface area is 172 Å². The smallest absolute Gasteiger partial charge is 0.465 e. The third-order valence-electron chi connectivity index (χ3n) is 4.47. The van der Waals surface area contributed by atoms with Crippen LogP contribution in [0.5, 0.6) is 11.5 Å². The number of hydrogen-bond acceptors (Lipinski definition) is 6. The van der Waals surface area contributed by atoms with Crippen molar-refractivity contribution in [1.29, 1.82) is 5.26 Å². The molecule has 0 saturated carbocycles. The molecule has 0 spiro atoms. The molecule has 8 nitrogen and oxygen atoms in total. The number of nitrogens with zero attached hydrogens (tertiary/aromatic N) is 1. The summed E-state index contributed by atoms with van der Waals surface area (Å²) in [5.41, 5.74) is -6.83. The second kappa shape index (κ2) is 7.71. The zero-order chi connectivity index (χ0) is 23.1. The highest BCUT2D eigenvalue weighted by Crippen LogP contribution is 2.49. The Morgan fingerprint density at radius 1 is 1.23 bits per heavy atom. The van der Waals surface area contributed by atoms with Gasteiger partial charge in [-0.05, 0) is 24.3 Å². The molecule has 0 bridgehead atoms. The van der Waals surface area contributed by atoms with Crippen LogP contribution in [0.2, 0.25) is 0 Å². The number of hydrogen-bond donors (Lipinski definition) is 3. The molecule has 1 aliphatic rings. The first-order valence-corrected chi connectivity index (χ1v) is 9.87. The molecule has 2 aromatic carbocycles. The fourth-order valence-electron chi connectivity index (χ4n) is 3.30. The first kappa shape index (κ1) is 22.3. The van der Waals surface area contributed by atoms with E-state index in [1.807, 2.05) is 5.32 Å². The van der Waals surface area contributed by atoms with Crippen molar-refractivity contribution < 1.29 is 45.7 Å². The van der Waals surface area contributed by atoms with Crippen LogP contribution in [-0.2, 0) is 9.84 Å². The molecule has 0 fully saturated rings. The number of rotatable bonds is 4. The third-order valence-corrected chi connectivity index (χ3v) is 6.01. The maximum Gasteiger partial charge on any atom is 0.501 e. The fraction of sp³-hybridized carbons (Fsp3) is 0.222. The number of aliphatic hydroxyl groups excluding tert-OH is 1. The van der Waals surface area contributed by atoms with E-state index >= 15 is 0 Å². The van der Waals surface area contributed by atoms with Gasteiger partial charge in [-0.25, -0.2) is 17.6 Å². The molecule has 13 heteroatoms. The van der Waals surface area contributed by atoms with Crippen LogP contribution in [0.1, 0.15) is 35.3 Å². The van der Waals surface area contributed by atoms with Crippen molar-refractivity contribution in [2.24, 2.45) is 0 Å². The highest BCUT2D eigenvalue weighted by Gasteiger charge is 2.50. The molecule has 3 rings (SSSR count). The lowest BCUT2D eigenvalue weighted by Crippen LogP contribution is -2.26. The number of aliphatic hydroxyl groups is 1. The van der Waals surface area contributed by atoms with E-state index in [1.54, 1.807) is 6.07 Å². The molecule has 31 heavy (non-hydrogen) atoms. The standard InChI is InChI=1S/C18H12F4N2O6S/c19-9-3-8(7-23)4-10(5-9)30-13-1-2-14(31(28,29)18(20,21)22)16-12(25)6-11(15(13)16)24-17(26)27/h1-5,11-12,24-25H,6H2,(H,26,27)/t11-,12+/m1/s1. The fourth-order valence-corrected chi connectivity index (χ4v) is 4.33. The number of halogens is 4. The van der Waals surface area contributed by atoms with E-state index in [0.29, 0.717) is 6.07 Å². The average Bonchev–Trinajstić information content (AvgIpc) is 2.96. The molecule has 0 heterocycles. The number of nitrogens with one attached hydrogen (secondary N) is 1. The minimum absolute atomic E-state index is 0.136. The SMILES string of the molecule is N#Cc1cc(F)cc(Oc2ccc(S(=O)(=O)C(F)(F)F)c3c2[C@H](NC(=O)O)C[C@@H]3O)c1. The van der Waals surface area contributed by atoms with Crippen molar-refractivity contribution in [3.8, 4) is 17.6 Å². The van der Waals surface area contributed by atoms with Gasteiger partial charge in [0, 0.05) is 23.6 Å². The minimum Gasteiger partial charge on any atom is -0.465 e. The summed E-state index contributed by atoms with van der Waals surface area (Å²) in [4.78, 5) is 9.84. The molecule has 164 valence electrons. The first-order valence-electron chi connectivity index (χ1n) is 8.39. The Morgan fingerprint density at radius 2 is 1.90 bits per heavy atom. The minimum atomic E-state index is -5.89. The van der Waals surface area contributed by atoms with Gasteiger partial charge in [0.25, 0.3) is 9.84 Å². The molecule has 2 aromatic rings. The van der Waals surface area contributed by atoms with Gasteiger partial charge in [0.1, 0.15) is 17.3 Å².